The molecule has 4 heteroatoms. The van der Waals surface area contributed by atoms with Crippen molar-refractivity contribution in [3.8, 4) is 5.75 Å². The number of nitrogens with one attached hydrogen (secondary N) is 1. The zero-order chi connectivity index (χ0) is 24.4. The molecule has 0 saturated carbocycles. The number of rotatable bonds is 6. The lowest BCUT2D eigenvalue weighted by atomic mass is 9.82. The third-order valence-corrected chi connectivity index (χ3v) is 7.09. The third-order valence-electron chi connectivity index (χ3n) is 7.09. The Bertz CT molecular complexity index is 1360. The van der Waals surface area contributed by atoms with Crippen molar-refractivity contribution in [2.24, 2.45) is 0 Å². The van der Waals surface area contributed by atoms with Gasteiger partial charge in [-0.1, -0.05) is 66.7 Å². The van der Waals surface area contributed by atoms with Gasteiger partial charge in [0.05, 0.1) is 12.7 Å². The number of carbonyl (C=O) groups is 1. The van der Waals surface area contributed by atoms with E-state index in [-0.39, 0.29) is 24.0 Å². The van der Waals surface area contributed by atoms with Crippen LogP contribution in [0.4, 0.5) is 0 Å². The highest BCUT2D eigenvalue weighted by atomic mass is 16.5. The summed E-state index contributed by atoms with van der Waals surface area (Å²) in [7, 11) is 1.41. The molecule has 35 heavy (non-hydrogen) atoms. The van der Waals surface area contributed by atoms with Gasteiger partial charge in [-0.05, 0) is 65.9 Å². The first-order valence-electron chi connectivity index (χ1n) is 12.2. The lowest BCUT2D eigenvalue weighted by Gasteiger charge is -2.34. The van der Waals surface area contributed by atoms with Gasteiger partial charge in [0.2, 0.25) is 0 Å². The molecule has 0 aromatic heterocycles. The van der Waals surface area contributed by atoms with E-state index in [9.17, 15) is 4.79 Å². The summed E-state index contributed by atoms with van der Waals surface area (Å²) in [4.78, 5) is 12.0. The van der Waals surface area contributed by atoms with Crippen molar-refractivity contribution in [2.75, 3.05) is 13.7 Å². The number of esters is 1. The molecule has 0 unspecified atom stereocenters. The second kappa shape index (κ2) is 9.93. The molecule has 0 amide bonds. The molecule has 0 aliphatic carbocycles. The number of methoxy groups -OCH3 is 1. The van der Waals surface area contributed by atoms with Crippen LogP contribution >= 0.6 is 0 Å². The summed E-state index contributed by atoms with van der Waals surface area (Å²) in [5, 5.41) is 6.26. The van der Waals surface area contributed by atoms with Crippen molar-refractivity contribution in [3.05, 3.63) is 113 Å². The number of carbonyl (C=O) groups excluding carboxylic acids is 1. The Hall–Kier alpha value is -3.63. The molecule has 3 atom stereocenters. The van der Waals surface area contributed by atoms with E-state index >= 15 is 0 Å². The average Bonchev–Trinajstić information content (AvgIpc) is 2.90. The highest BCUT2D eigenvalue weighted by Crippen LogP contribution is 2.41. The highest BCUT2D eigenvalue weighted by Gasteiger charge is 2.30. The maximum atomic E-state index is 12.0. The van der Waals surface area contributed by atoms with Crippen LogP contribution in [0.2, 0.25) is 0 Å². The van der Waals surface area contributed by atoms with Crippen molar-refractivity contribution in [3.63, 3.8) is 0 Å². The minimum Gasteiger partial charge on any atom is -0.489 e. The Morgan fingerprint density at radius 3 is 2.60 bits per heavy atom. The number of aryl methyl sites for hydroxylation is 1. The summed E-state index contributed by atoms with van der Waals surface area (Å²) in [6.07, 6.45) is 0.900. The molecule has 4 aromatic rings. The Morgan fingerprint density at radius 1 is 1.00 bits per heavy atom. The number of para-hydroxylation sites is 1. The second-order valence-electron chi connectivity index (χ2n) is 9.33. The molecule has 1 N–H and O–H groups in total. The predicted molar refractivity (Wildman–Crippen MR) is 140 cm³/mol. The van der Waals surface area contributed by atoms with E-state index < -0.39 is 0 Å². The predicted octanol–water partition coefficient (Wildman–Crippen LogP) is 6.57. The molecule has 1 aliphatic heterocycles. The summed E-state index contributed by atoms with van der Waals surface area (Å²) >= 11 is 0. The van der Waals surface area contributed by atoms with Crippen LogP contribution in [0.5, 0.6) is 5.75 Å². The Balaban J connectivity index is 1.38. The molecule has 4 aromatic carbocycles. The smallest absolute Gasteiger partial charge is 0.337 e. The fraction of sp³-hybridized carbons (Fsp3) is 0.258. The van der Waals surface area contributed by atoms with Gasteiger partial charge in [0, 0.05) is 24.1 Å². The summed E-state index contributed by atoms with van der Waals surface area (Å²) < 4.78 is 11.3. The van der Waals surface area contributed by atoms with Crippen LogP contribution in [0, 0.1) is 6.92 Å². The topological polar surface area (TPSA) is 47.6 Å². The lowest BCUT2D eigenvalue weighted by Crippen LogP contribution is -2.37. The van der Waals surface area contributed by atoms with E-state index in [1.165, 1.54) is 34.6 Å². The fourth-order valence-corrected chi connectivity index (χ4v) is 5.27. The number of fused-ring (bicyclic) bond motifs is 2. The van der Waals surface area contributed by atoms with Crippen LogP contribution in [0.1, 0.15) is 57.9 Å². The zero-order valence-electron chi connectivity index (χ0n) is 20.5. The standard InChI is InChI=1S/C31H31NO3/c1-20-17-23(31(33)34-3)15-16-25(20)29-18-24(35-30-14-7-6-12-28(29)30)19-32-21(2)26-13-8-10-22-9-4-5-11-27(22)26/h4-17,21,24,29,32H,18-19H2,1-3H3/t21-,24-,29+/m1/s1. The Morgan fingerprint density at radius 2 is 1.77 bits per heavy atom. The zero-order valence-corrected chi connectivity index (χ0v) is 20.5. The van der Waals surface area contributed by atoms with E-state index in [1.54, 1.807) is 0 Å². The van der Waals surface area contributed by atoms with Gasteiger partial charge < -0.3 is 14.8 Å². The second-order valence-corrected chi connectivity index (χ2v) is 9.33. The molecular weight excluding hydrogens is 434 g/mol. The van der Waals surface area contributed by atoms with Gasteiger partial charge in [-0.3, -0.25) is 0 Å². The lowest BCUT2D eigenvalue weighted by molar-refractivity contribution is 0.0600. The van der Waals surface area contributed by atoms with Gasteiger partial charge >= 0.3 is 5.97 Å². The van der Waals surface area contributed by atoms with Crippen LogP contribution in [-0.4, -0.2) is 25.7 Å². The minimum absolute atomic E-state index is 0.0343. The van der Waals surface area contributed by atoms with Crippen molar-refractivity contribution in [2.45, 2.75) is 38.3 Å². The maximum Gasteiger partial charge on any atom is 0.337 e. The fourth-order valence-electron chi connectivity index (χ4n) is 5.27. The summed E-state index contributed by atoms with van der Waals surface area (Å²) in [6.45, 7) is 5.02. The molecule has 0 saturated heterocycles. The summed E-state index contributed by atoms with van der Waals surface area (Å²) in [5.41, 5.74) is 5.38. The molecule has 1 heterocycles. The molecule has 5 rings (SSSR count). The number of ether oxygens (including phenoxy) is 2. The quantitative estimate of drug-likeness (QED) is 0.327. The SMILES string of the molecule is COC(=O)c1ccc([C@@H]2C[C@H](CN[C@H](C)c3cccc4ccccc34)Oc3ccccc32)c(C)c1. The number of benzene rings is 4. The van der Waals surface area contributed by atoms with E-state index in [0.717, 1.165) is 24.3 Å². The molecule has 1 aliphatic rings. The van der Waals surface area contributed by atoms with Crippen LogP contribution in [0.3, 0.4) is 0 Å². The maximum absolute atomic E-state index is 12.0. The minimum atomic E-state index is -0.309. The van der Waals surface area contributed by atoms with Crippen LogP contribution in [0.25, 0.3) is 10.8 Å². The van der Waals surface area contributed by atoms with Crippen molar-refractivity contribution >= 4 is 16.7 Å². The average molecular weight is 466 g/mol. The van der Waals surface area contributed by atoms with Crippen LogP contribution < -0.4 is 10.1 Å². The third kappa shape index (κ3) is 4.67. The molecule has 0 fully saturated rings. The van der Waals surface area contributed by atoms with Crippen molar-refractivity contribution < 1.29 is 14.3 Å². The Kier molecular flexibility index (Phi) is 6.56. The van der Waals surface area contributed by atoms with Gasteiger partial charge in [0.1, 0.15) is 11.9 Å². The number of hydrogen-bond donors (Lipinski definition) is 1. The van der Waals surface area contributed by atoms with E-state index in [4.69, 9.17) is 9.47 Å². The van der Waals surface area contributed by atoms with E-state index in [0.29, 0.717) is 5.56 Å². The molecule has 0 spiro atoms. The van der Waals surface area contributed by atoms with Crippen molar-refractivity contribution in [1.82, 2.24) is 5.32 Å². The first kappa shape index (κ1) is 23.1. The first-order valence-corrected chi connectivity index (χ1v) is 12.2. The van der Waals surface area contributed by atoms with Crippen LogP contribution in [0.15, 0.2) is 84.9 Å². The van der Waals surface area contributed by atoms with Crippen molar-refractivity contribution in [1.29, 1.82) is 0 Å². The van der Waals surface area contributed by atoms with E-state index in [2.05, 4.69) is 85.9 Å². The Labute approximate surface area is 206 Å². The summed E-state index contributed by atoms with van der Waals surface area (Å²) in [5.74, 6) is 0.827. The van der Waals surface area contributed by atoms with Crippen LogP contribution in [-0.2, 0) is 4.74 Å². The van der Waals surface area contributed by atoms with Gasteiger partial charge in [0.15, 0.2) is 0 Å². The van der Waals surface area contributed by atoms with E-state index in [1.807, 2.05) is 18.2 Å². The monoisotopic (exact) mass is 465 g/mol. The van der Waals surface area contributed by atoms with Gasteiger partial charge in [-0.2, -0.15) is 0 Å². The molecule has 0 bridgehead atoms. The van der Waals surface area contributed by atoms with Gasteiger partial charge in [-0.25, -0.2) is 4.79 Å². The molecule has 4 nitrogen and oxygen atoms in total. The summed E-state index contributed by atoms with van der Waals surface area (Å²) in [6, 6.07) is 29.4. The highest BCUT2D eigenvalue weighted by molar-refractivity contribution is 5.89. The largest absolute Gasteiger partial charge is 0.489 e. The molecular formula is C31H31NO3. The van der Waals surface area contributed by atoms with Gasteiger partial charge in [-0.15, -0.1) is 0 Å². The number of hydrogen-bond acceptors (Lipinski definition) is 4. The molecule has 178 valence electrons. The normalized spacial score (nSPS) is 17.9. The molecule has 0 radical (unpaired) electrons. The van der Waals surface area contributed by atoms with Gasteiger partial charge in [0.25, 0.3) is 0 Å². The first-order chi connectivity index (χ1) is 17.0.